The van der Waals surface area contributed by atoms with E-state index in [1.54, 1.807) is 0 Å². The van der Waals surface area contributed by atoms with Crippen molar-refractivity contribution >= 4 is 0 Å². The van der Waals surface area contributed by atoms with E-state index in [1.165, 1.54) is 17.4 Å². The minimum atomic E-state index is 0.882. The van der Waals surface area contributed by atoms with Crippen LogP contribution < -0.4 is 0 Å². The molecule has 0 saturated carbocycles. The number of nitrogens with zero attached hydrogens (tertiary/aromatic N) is 1. The second kappa shape index (κ2) is 1.59. The summed E-state index contributed by atoms with van der Waals surface area (Å²) in [7, 11) is 4.52. The Morgan fingerprint density at radius 3 is 2.38 bits per heavy atom. The van der Waals surface area contributed by atoms with E-state index in [2.05, 4.69) is 20.7 Å². The fraction of sp³-hybridized carbons (Fsp3) is 0.714. The molecule has 8 heavy (non-hydrogen) atoms. The first-order valence-electron chi connectivity index (χ1n) is 3.10. The molecule has 1 saturated heterocycles. The molecule has 1 aliphatic heterocycles. The predicted molar refractivity (Wildman–Crippen MR) is 35.6 cm³/mol. The van der Waals surface area contributed by atoms with E-state index >= 15 is 0 Å². The average Bonchev–Trinajstić information content (AvgIpc) is 2.15. The summed E-state index contributed by atoms with van der Waals surface area (Å²) >= 11 is 0. The fourth-order valence-corrected chi connectivity index (χ4v) is 1.05. The Morgan fingerprint density at radius 2 is 2.25 bits per heavy atom. The smallest absolute Gasteiger partial charge is 0.142 e. The molecule has 0 aliphatic carbocycles. The quantitative estimate of drug-likeness (QED) is 0.284. The van der Waals surface area contributed by atoms with Gasteiger partial charge in [0, 0.05) is 6.42 Å². The number of likely N-dealkylation sites (N-methyl/N-ethyl adjacent to an activating group) is 1. The van der Waals surface area contributed by atoms with Crippen LogP contribution in [0.4, 0.5) is 0 Å². The molecular formula is C7H14N+. The minimum Gasteiger partial charge on any atom is -0.316 e. The van der Waals surface area contributed by atoms with Gasteiger partial charge in [-0.25, -0.2) is 0 Å². The third-order valence-corrected chi connectivity index (χ3v) is 1.97. The molecule has 1 heterocycles. The lowest BCUT2D eigenvalue weighted by Crippen LogP contribution is -2.15. The Hall–Kier alpha value is -0.300. The van der Waals surface area contributed by atoms with Gasteiger partial charge in [-0.2, -0.15) is 0 Å². The van der Waals surface area contributed by atoms with E-state index in [-0.39, 0.29) is 0 Å². The first kappa shape index (κ1) is 5.83. The van der Waals surface area contributed by atoms with E-state index in [9.17, 15) is 0 Å². The number of hydrogen-bond acceptors (Lipinski definition) is 0. The molecular weight excluding hydrogens is 98.1 g/mol. The fourth-order valence-electron chi connectivity index (χ4n) is 1.05. The first-order valence-corrected chi connectivity index (χ1v) is 3.10. The van der Waals surface area contributed by atoms with Crippen molar-refractivity contribution in [2.24, 2.45) is 0 Å². The third kappa shape index (κ3) is 0.920. The monoisotopic (exact) mass is 112 g/mol. The van der Waals surface area contributed by atoms with Crippen LogP contribution >= 0.6 is 0 Å². The van der Waals surface area contributed by atoms with Crippen LogP contribution in [0.15, 0.2) is 12.7 Å². The maximum atomic E-state index is 3.70. The molecule has 0 aromatic rings. The molecule has 1 fully saturated rings. The lowest BCUT2D eigenvalue weighted by atomic mass is 10.3. The van der Waals surface area contributed by atoms with Gasteiger partial charge in [-0.15, -0.1) is 6.58 Å². The van der Waals surface area contributed by atoms with Crippen molar-refractivity contribution in [3.05, 3.63) is 12.7 Å². The highest BCUT2D eigenvalue weighted by atomic mass is 15.5. The molecule has 0 aromatic heterocycles. The molecule has 1 heteroatoms. The zero-order valence-electron chi connectivity index (χ0n) is 5.72. The van der Waals surface area contributed by atoms with Crippen molar-refractivity contribution in [3.8, 4) is 0 Å². The highest BCUT2D eigenvalue weighted by Crippen LogP contribution is 2.26. The maximum absolute atomic E-state index is 3.70. The molecule has 0 N–H and O–H groups in total. The minimum absolute atomic E-state index is 0.882. The van der Waals surface area contributed by atoms with Crippen LogP contribution in [-0.2, 0) is 0 Å². The Morgan fingerprint density at radius 1 is 1.75 bits per heavy atom. The summed E-state index contributed by atoms with van der Waals surface area (Å²) in [6.45, 7) is 5.04. The summed E-state index contributed by atoms with van der Waals surface area (Å²) in [6, 6.07) is 0.882. The SMILES string of the molecule is C=CC[C@H]1C[N+]1(C)C. The summed E-state index contributed by atoms with van der Waals surface area (Å²) < 4.78 is 1.20. The molecule has 1 atom stereocenters. The van der Waals surface area contributed by atoms with Gasteiger partial charge in [-0.05, 0) is 0 Å². The van der Waals surface area contributed by atoms with Gasteiger partial charge in [-0.1, -0.05) is 6.08 Å². The molecule has 1 rings (SSSR count). The van der Waals surface area contributed by atoms with Crippen LogP contribution in [0, 0.1) is 0 Å². The van der Waals surface area contributed by atoms with Gasteiger partial charge < -0.3 is 4.48 Å². The lowest BCUT2D eigenvalue weighted by molar-refractivity contribution is -0.768. The molecule has 1 nitrogen and oxygen atoms in total. The maximum Gasteiger partial charge on any atom is 0.142 e. The van der Waals surface area contributed by atoms with E-state index in [1.807, 2.05) is 6.08 Å². The molecule has 46 valence electrons. The number of rotatable bonds is 2. The van der Waals surface area contributed by atoms with Gasteiger partial charge in [0.2, 0.25) is 0 Å². The number of quaternary nitrogens is 1. The lowest BCUT2D eigenvalue weighted by Gasteiger charge is -2.02. The standard InChI is InChI=1S/C7H14N/c1-4-5-7-6-8(7,2)3/h4,7H,1,5-6H2,2-3H3/q+1/t7-/m0/s1. The van der Waals surface area contributed by atoms with E-state index in [4.69, 9.17) is 0 Å². The first-order chi connectivity index (χ1) is 3.67. The van der Waals surface area contributed by atoms with E-state index in [0.717, 1.165) is 6.04 Å². The van der Waals surface area contributed by atoms with Crippen LogP contribution in [0.25, 0.3) is 0 Å². The molecule has 0 spiro atoms. The highest BCUT2D eigenvalue weighted by Gasteiger charge is 2.45. The molecule has 0 radical (unpaired) electrons. The third-order valence-electron chi connectivity index (χ3n) is 1.97. The van der Waals surface area contributed by atoms with Gasteiger partial charge in [-0.3, -0.25) is 0 Å². The molecule has 0 bridgehead atoms. The largest absolute Gasteiger partial charge is 0.316 e. The second-order valence-corrected chi connectivity index (χ2v) is 3.14. The van der Waals surface area contributed by atoms with E-state index in [0.29, 0.717) is 0 Å². The van der Waals surface area contributed by atoms with Crippen molar-refractivity contribution in [3.63, 3.8) is 0 Å². The van der Waals surface area contributed by atoms with Crippen molar-refractivity contribution in [1.82, 2.24) is 0 Å². The summed E-state index contributed by atoms with van der Waals surface area (Å²) in [5, 5.41) is 0. The van der Waals surface area contributed by atoms with Gasteiger partial charge in [0.05, 0.1) is 14.1 Å². The van der Waals surface area contributed by atoms with Gasteiger partial charge >= 0.3 is 0 Å². The molecule has 0 amide bonds. The van der Waals surface area contributed by atoms with Crippen molar-refractivity contribution in [1.29, 1.82) is 0 Å². The molecule has 1 aliphatic rings. The van der Waals surface area contributed by atoms with Gasteiger partial charge in [0.15, 0.2) is 0 Å². The predicted octanol–water partition coefficient (Wildman–Crippen LogP) is 1.02. The summed E-state index contributed by atoms with van der Waals surface area (Å²) in [4.78, 5) is 0. The van der Waals surface area contributed by atoms with Crippen LogP contribution in [0.1, 0.15) is 6.42 Å². The molecule has 0 unspecified atom stereocenters. The van der Waals surface area contributed by atoms with Crippen LogP contribution in [0.5, 0.6) is 0 Å². The average molecular weight is 112 g/mol. The van der Waals surface area contributed by atoms with E-state index < -0.39 is 0 Å². The van der Waals surface area contributed by atoms with Crippen molar-refractivity contribution in [2.75, 3.05) is 20.6 Å². The second-order valence-electron chi connectivity index (χ2n) is 3.14. The van der Waals surface area contributed by atoms with Crippen LogP contribution in [-0.4, -0.2) is 31.2 Å². The van der Waals surface area contributed by atoms with Crippen LogP contribution in [0.3, 0.4) is 0 Å². The normalized spacial score (nSPS) is 32.0. The Kier molecular flexibility index (Phi) is 1.16. The number of hydrogen-bond donors (Lipinski definition) is 0. The highest BCUT2D eigenvalue weighted by molar-refractivity contribution is 4.80. The van der Waals surface area contributed by atoms with Crippen LogP contribution in [0.2, 0.25) is 0 Å². The summed E-state index contributed by atoms with van der Waals surface area (Å²) in [6.07, 6.45) is 3.20. The Labute approximate surface area is 51.2 Å². The summed E-state index contributed by atoms with van der Waals surface area (Å²) in [5.74, 6) is 0. The molecule has 0 aromatic carbocycles. The van der Waals surface area contributed by atoms with Gasteiger partial charge in [0.1, 0.15) is 12.6 Å². The zero-order valence-corrected chi connectivity index (χ0v) is 5.72. The van der Waals surface area contributed by atoms with Crippen molar-refractivity contribution in [2.45, 2.75) is 12.5 Å². The summed E-state index contributed by atoms with van der Waals surface area (Å²) in [5.41, 5.74) is 0. The topological polar surface area (TPSA) is 0 Å². The Bertz CT molecular complexity index is 105. The van der Waals surface area contributed by atoms with Gasteiger partial charge in [0.25, 0.3) is 0 Å². The zero-order chi connectivity index (χ0) is 6.20. The Balaban J connectivity index is 2.26. The van der Waals surface area contributed by atoms with Crippen molar-refractivity contribution < 1.29 is 4.48 Å².